The highest BCUT2D eigenvalue weighted by molar-refractivity contribution is 6.09. The fourth-order valence-corrected chi connectivity index (χ4v) is 2.87. The zero-order valence-electron chi connectivity index (χ0n) is 13.1. The predicted octanol–water partition coefficient (Wildman–Crippen LogP) is 1.90. The molecule has 0 radical (unpaired) electrons. The van der Waals surface area contributed by atoms with Gasteiger partial charge in [0.25, 0.3) is 0 Å². The Morgan fingerprint density at radius 3 is 2.32 bits per heavy atom. The molecule has 1 atom stereocenters. The van der Waals surface area contributed by atoms with Crippen molar-refractivity contribution in [2.75, 3.05) is 0 Å². The number of rotatable bonds is 1. The molecule has 0 aromatic carbocycles. The second kappa shape index (κ2) is 4.78. The molecule has 0 aromatic rings. The van der Waals surface area contributed by atoms with E-state index >= 15 is 0 Å². The fourth-order valence-electron chi connectivity index (χ4n) is 2.87. The molecular formula is C14H27N3O2. The van der Waals surface area contributed by atoms with E-state index in [1.807, 2.05) is 34.6 Å². The topological polar surface area (TPSA) is 73.7 Å². The first-order valence-electron chi connectivity index (χ1n) is 6.72. The smallest absolute Gasteiger partial charge is 0.229 e. The number of carbonyl (C=O) groups is 1. The molecule has 1 aliphatic rings. The van der Waals surface area contributed by atoms with Gasteiger partial charge in [0, 0.05) is 11.1 Å². The Morgan fingerprint density at radius 1 is 1.37 bits per heavy atom. The van der Waals surface area contributed by atoms with E-state index in [0.29, 0.717) is 12.1 Å². The number of oxime groups is 1. The lowest BCUT2D eigenvalue weighted by molar-refractivity contribution is -0.125. The lowest BCUT2D eigenvalue weighted by atomic mass is 9.73. The minimum Gasteiger partial charge on any atom is -0.411 e. The lowest BCUT2D eigenvalue weighted by Crippen LogP contribution is -2.66. The molecule has 1 fully saturated rings. The maximum atomic E-state index is 12.4. The van der Waals surface area contributed by atoms with Gasteiger partial charge >= 0.3 is 0 Å². The minimum atomic E-state index is -0.504. The minimum absolute atomic E-state index is 0.0806. The molecule has 0 spiro atoms. The Morgan fingerprint density at radius 2 is 1.89 bits per heavy atom. The monoisotopic (exact) mass is 269 g/mol. The Kier molecular flexibility index (Phi) is 4.01. The van der Waals surface area contributed by atoms with Crippen LogP contribution in [0.2, 0.25) is 0 Å². The summed E-state index contributed by atoms with van der Waals surface area (Å²) in [7, 11) is 0. The third-order valence-electron chi connectivity index (χ3n) is 3.26. The van der Waals surface area contributed by atoms with E-state index in [4.69, 9.17) is 0 Å². The van der Waals surface area contributed by atoms with Crippen LogP contribution in [-0.2, 0) is 4.79 Å². The summed E-state index contributed by atoms with van der Waals surface area (Å²) >= 11 is 0. The average molecular weight is 269 g/mol. The molecule has 0 aromatic heterocycles. The van der Waals surface area contributed by atoms with Crippen molar-refractivity contribution in [2.24, 2.45) is 11.1 Å². The zero-order chi connectivity index (χ0) is 15.1. The highest BCUT2D eigenvalue weighted by atomic mass is 16.4. The predicted molar refractivity (Wildman–Crippen MR) is 76.5 cm³/mol. The summed E-state index contributed by atoms with van der Waals surface area (Å²) < 4.78 is 0. The molecule has 1 aliphatic heterocycles. The lowest BCUT2D eigenvalue weighted by Gasteiger charge is -2.46. The zero-order valence-corrected chi connectivity index (χ0v) is 13.1. The van der Waals surface area contributed by atoms with Crippen molar-refractivity contribution in [3.63, 3.8) is 0 Å². The van der Waals surface area contributed by atoms with Gasteiger partial charge in [0.05, 0.1) is 17.2 Å². The van der Waals surface area contributed by atoms with E-state index < -0.39 is 11.5 Å². The molecule has 1 heterocycles. The quantitative estimate of drug-likeness (QED) is 0.503. The van der Waals surface area contributed by atoms with Crippen LogP contribution in [0, 0.1) is 5.92 Å². The molecule has 3 N–H and O–H groups in total. The molecule has 5 heteroatoms. The summed E-state index contributed by atoms with van der Waals surface area (Å²) in [6.07, 6.45) is 0.609. The van der Waals surface area contributed by atoms with E-state index in [2.05, 4.69) is 29.6 Å². The van der Waals surface area contributed by atoms with E-state index in [-0.39, 0.29) is 17.0 Å². The van der Waals surface area contributed by atoms with Crippen molar-refractivity contribution in [1.82, 2.24) is 10.6 Å². The Hall–Kier alpha value is -1.10. The number of amides is 1. The number of carbonyl (C=O) groups excluding carboxylic acids is 1. The van der Waals surface area contributed by atoms with Gasteiger partial charge in [-0.15, -0.1) is 0 Å². The molecule has 19 heavy (non-hydrogen) atoms. The van der Waals surface area contributed by atoms with Crippen LogP contribution in [0.4, 0.5) is 0 Å². The van der Waals surface area contributed by atoms with Gasteiger partial charge in [-0.25, -0.2) is 0 Å². The number of nitrogens with zero attached hydrogens (tertiary/aromatic N) is 1. The third kappa shape index (κ3) is 3.93. The number of nitrogens with one attached hydrogen (secondary N) is 2. The molecule has 1 unspecified atom stereocenters. The molecule has 0 aliphatic carbocycles. The number of hydrogen-bond acceptors (Lipinski definition) is 4. The van der Waals surface area contributed by atoms with Gasteiger partial charge in [0.15, 0.2) is 0 Å². The molecule has 1 rings (SSSR count). The summed E-state index contributed by atoms with van der Waals surface area (Å²) in [4.78, 5) is 12.4. The van der Waals surface area contributed by atoms with Crippen LogP contribution in [0.5, 0.6) is 0 Å². The van der Waals surface area contributed by atoms with Gasteiger partial charge in [0.2, 0.25) is 5.91 Å². The first-order chi connectivity index (χ1) is 8.38. The summed E-state index contributed by atoms with van der Waals surface area (Å²) in [5.74, 6) is -0.488. The Labute approximate surface area is 115 Å². The second-order valence-corrected chi connectivity index (χ2v) is 7.62. The van der Waals surface area contributed by atoms with Crippen LogP contribution in [0.1, 0.15) is 54.9 Å². The second-order valence-electron chi connectivity index (χ2n) is 7.62. The van der Waals surface area contributed by atoms with Gasteiger partial charge in [-0.2, -0.15) is 0 Å². The van der Waals surface area contributed by atoms with Crippen molar-refractivity contribution in [3.8, 4) is 0 Å². The van der Waals surface area contributed by atoms with Crippen molar-refractivity contribution in [3.05, 3.63) is 0 Å². The van der Waals surface area contributed by atoms with Gasteiger partial charge in [-0.05, 0) is 54.9 Å². The van der Waals surface area contributed by atoms with E-state index in [1.54, 1.807) is 0 Å². The largest absolute Gasteiger partial charge is 0.411 e. The van der Waals surface area contributed by atoms with Crippen LogP contribution in [0.15, 0.2) is 5.16 Å². The number of piperidine rings is 1. The van der Waals surface area contributed by atoms with Crippen molar-refractivity contribution < 1.29 is 10.0 Å². The summed E-state index contributed by atoms with van der Waals surface area (Å²) in [5, 5.41) is 19.1. The SMILES string of the molecule is CC(C)(C)NC(=O)C1CC(C)(C)NC(C)(C)C1=NO. The molecule has 110 valence electrons. The van der Waals surface area contributed by atoms with Crippen LogP contribution >= 0.6 is 0 Å². The molecule has 5 nitrogen and oxygen atoms in total. The van der Waals surface area contributed by atoms with Crippen LogP contribution in [0.3, 0.4) is 0 Å². The van der Waals surface area contributed by atoms with Gasteiger partial charge in [-0.1, -0.05) is 5.16 Å². The maximum Gasteiger partial charge on any atom is 0.229 e. The first-order valence-corrected chi connectivity index (χ1v) is 6.72. The molecule has 1 amide bonds. The molecule has 0 bridgehead atoms. The summed E-state index contributed by atoms with van der Waals surface area (Å²) in [5.41, 5.74) is -0.487. The van der Waals surface area contributed by atoms with Crippen molar-refractivity contribution in [2.45, 2.75) is 71.5 Å². The molecule has 1 saturated heterocycles. The van der Waals surface area contributed by atoms with E-state index in [1.165, 1.54) is 0 Å². The van der Waals surface area contributed by atoms with E-state index in [9.17, 15) is 10.0 Å². The van der Waals surface area contributed by atoms with Gasteiger partial charge in [-0.3, -0.25) is 4.79 Å². The van der Waals surface area contributed by atoms with Crippen molar-refractivity contribution in [1.29, 1.82) is 0 Å². The molecular weight excluding hydrogens is 242 g/mol. The fraction of sp³-hybridized carbons (Fsp3) is 0.857. The summed E-state index contributed by atoms with van der Waals surface area (Å²) in [6.45, 7) is 13.8. The van der Waals surface area contributed by atoms with E-state index in [0.717, 1.165) is 0 Å². The first kappa shape index (κ1) is 16.0. The normalized spacial score (nSPS) is 28.2. The summed E-state index contributed by atoms with van der Waals surface area (Å²) in [6, 6.07) is 0. The highest BCUT2D eigenvalue weighted by Crippen LogP contribution is 2.31. The third-order valence-corrected chi connectivity index (χ3v) is 3.26. The molecule has 0 saturated carbocycles. The Bertz CT molecular complexity index is 392. The number of hydrogen-bond donors (Lipinski definition) is 3. The highest BCUT2D eigenvalue weighted by Gasteiger charge is 2.46. The standard InChI is InChI=1S/C14H27N3O2/c1-12(2,3)15-11(18)9-8-13(4,5)17-14(6,7)10(9)16-19/h9,17,19H,8H2,1-7H3,(H,15,18). The Balaban J connectivity index is 3.06. The maximum absolute atomic E-state index is 12.4. The van der Waals surface area contributed by atoms with Crippen molar-refractivity contribution >= 4 is 11.6 Å². The van der Waals surface area contributed by atoms with Gasteiger partial charge < -0.3 is 15.8 Å². The average Bonchev–Trinajstić information content (AvgIpc) is 2.10. The van der Waals surface area contributed by atoms with Crippen LogP contribution < -0.4 is 10.6 Å². The van der Waals surface area contributed by atoms with Crippen LogP contribution in [-0.4, -0.2) is 33.4 Å². The van der Waals surface area contributed by atoms with Gasteiger partial charge in [0.1, 0.15) is 0 Å². The van der Waals surface area contributed by atoms with Crippen LogP contribution in [0.25, 0.3) is 0 Å².